The van der Waals surface area contributed by atoms with Gasteiger partial charge in [-0.2, -0.15) is 16.8 Å². The molecule has 0 heterocycles. The summed E-state index contributed by atoms with van der Waals surface area (Å²) in [6.45, 7) is 4.00. The molecule has 110 valence electrons. The Morgan fingerprint density at radius 1 is 0.722 bits per heavy atom. The lowest BCUT2D eigenvalue weighted by Gasteiger charge is -2.06. The van der Waals surface area contributed by atoms with Gasteiger partial charge < -0.3 is 0 Å². The lowest BCUT2D eigenvalue weighted by Crippen LogP contribution is -2.21. The average molecular weight is 302 g/mol. The molecule has 0 amide bonds. The molecule has 0 aliphatic heterocycles. The van der Waals surface area contributed by atoms with E-state index < -0.39 is 31.7 Å². The van der Waals surface area contributed by atoms with Crippen molar-refractivity contribution in [2.45, 2.75) is 39.5 Å². The summed E-state index contributed by atoms with van der Waals surface area (Å²) in [5.41, 5.74) is 0. The van der Waals surface area contributed by atoms with Crippen molar-refractivity contribution in [2.75, 3.05) is 24.7 Å². The van der Waals surface area contributed by atoms with Crippen LogP contribution < -0.4 is 0 Å². The summed E-state index contributed by atoms with van der Waals surface area (Å²) in [6, 6.07) is 0. The zero-order chi connectivity index (χ0) is 14.1. The van der Waals surface area contributed by atoms with E-state index in [1.165, 1.54) is 0 Å². The van der Waals surface area contributed by atoms with Gasteiger partial charge in [0.2, 0.25) is 0 Å². The van der Waals surface area contributed by atoms with Gasteiger partial charge in [-0.3, -0.25) is 8.37 Å². The van der Waals surface area contributed by atoms with Crippen molar-refractivity contribution in [3.05, 3.63) is 0 Å². The maximum absolute atomic E-state index is 11.3. The van der Waals surface area contributed by atoms with Crippen LogP contribution in [0.25, 0.3) is 0 Å². The van der Waals surface area contributed by atoms with Crippen molar-refractivity contribution in [3.63, 3.8) is 0 Å². The summed E-state index contributed by atoms with van der Waals surface area (Å²) in [5, 5.41) is 0. The van der Waals surface area contributed by atoms with Gasteiger partial charge >= 0.3 is 0 Å². The maximum Gasteiger partial charge on any atom is 0.268 e. The topological polar surface area (TPSA) is 86.7 Å². The molecule has 8 heteroatoms. The zero-order valence-electron chi connectivity index (χ0n) is 10.9. The zero-order valence-corrected chi connectivity index (χ0v) is 12.6. The third-order valence-corrected chi connectivity index (χ3v) is 4.82. The molecule has 6 nitrogen and oxygen atoms in total. The van der Waals surface area contributed by atoms with Crippen LogP contribution in [0.1, 0.15) is 39.5 Å². The molecule has 0 aromatic carbocycles. The normalized spacial score (nSPS) is 12.8. The van der Waals surface area contributed by atoms with Crippen molar-refractivity contribution < 1.29 is 25.2 Å². The summed E-state index contributed by atoms with van der Waals surface area (Å²) in [4.78, 5) is 0. The van der Waals surface area contributed by atoms with Crippen LogP contribution in [0, 0.1) is 0 Å². The molecule has 0 unspecified atom stereocenters. The molecule has 0 fully saturated rings. The molecule has 0 bridgehead atoms. The predicted molar refractivity (Wildman–Crippen MR) is 69.3 cm³/mol. The van der Waals surface area contributed by atoms with Crippen LogP contribution in [0.5, 0.6) is 0 Å². The highest BCUT2D eigenvalue weighted by molar-refractivity contribution is 7.90. The molecule has 0 aliphatic carbocycles. The van der Waals surface area contributed by atoms with Crippen molar-refractivity contribution in [1.82, 2.24) is 0 Å². The van der Waals surface area contributed by atoms with Gasteiger partial charge in [0, 0.05) is 0 Å². The highest BCUT2D eigenvalue weighted by atomic mass is 32.2. The van der Waals surface area contributed by atoms with Crippen LogP contribution in [0.3, 0.4) is 0 Å². The molecule has 0 atom stereocenters. The van der Waals surface area contributed by atoms with Gasteiger partial charge in [0.15, 0.2) is 0 Å². The molecular formula is C10H22O6S2. The van der Waals surface area contributed by atoms with E-state index in [4.69, 9.17) is 0 Å². The van der Waals surface area contributed by atoms with E-state index in [-0.39, 0.29) is 13.2 Å². The SMILES string of the molecule is CCCCOS(=O)(=O)CCS(=O)(=O)OCCCC. The number of unbranched alkanes of at least 4 members (excludes halogenated alkanes) is 2. The van der Waals surface area contributed by atoms with E-state index in [1.807, 2.05) is 13.8 Å². The Kier molecular flexibility index (Phi) is 8.75. The van der Waals surface area contributed by atoms with Crippen molar-refractivity contribution >= 4 is 20.2 Å². The minimum absolute atomic E-state index is 0.0928. The molecule has 18 heavy (non-hydrogen) atoms. The third kappa shape index (κ3) is 9.81. The molecule has 0 aliphatic rings. The first-order valence-corrected chi connectivity index (χ1v) is 9.22. The maximum atomic E-state index is 11.3. The van der Waals surface area contributed by atoms with Crippen LogP contribution in [0.2, 0.25) is 0 Å². The van der Waals surface area contributed by atoms with Gasteiger partial charge in [-0.15, -0.1) is 0 Å². The van der Waals surface area contributed by atoms with Crippen LogP contribution in [-0.4, -0.2) is 41.6 Å². The molecule has 0 rings (SSSR count). The lowest BCUT2D eigenvalue weighted by molar-refractivity contribution is 0.305. The minimum Gasteiger partial charge on any atom is -0.270 e. The van der Waals surface area contributed by atoms with Crippen molar-refractivity contribution in [3.8, 4) is 0 Å². The Balaban J connectivity index is 4.05. The molecule has 0 radical (unpaired) electrons. The first kappa shape index (κ1) is 17.8. The fraction of sp³-hybridized carbons (Fsp3) is 1.00. The minimum atomic E-state index is -3.78. The van der Waals surface area contributed by atoms with Gasteiger partial charge in [-0.1, -0.05) is 26.7 Å². The number of hydrogen-bond donors (Lipinski definition) is 0. The van der Waals surface area contributed by atoms with Crippen LogP contribution in [0.15, 0.2) is 0 Å². The third-order valence-electron chi connectivity index (χ3n) is 2.10. The summed E-state index contributed by atoms with van der Waals surface area (Å²) >= 11 is 0. The van der Waals surface area contributed by atoms with E-state index in [0.29, 0.717) is 12.8 Å². The fourth-order valence-electron chi connectivity index (χ4n) is 0.982. The Morgan fingerprint density at radius 2 is 1.06 bits per heavy atom. The standard InChI is InChI=1S/C10H22O6S2/c1-3-5-7-15-17(11,12)9-10-18(13,14)16-8-6-4-2/h3-10H2,1-2H3. The molecule has 0 aromatic rings. The van der Waals surface area contributed by atoms with Gasteiger partial charge in [-0.05, 0) is 12.8 Å². The van der Waals surface area contributed by atoms with Crippen LogP contribution >= 0.6 is 0 Å². The quantitative estimate of drug-likeness (QED) is 0.422. The van der Waals surface area contributed by atoms with Crippen molar-refractivity contribution in [2.24, 2.45) is 0 Å². The van der Waals surface area contributed by atoms with Crippen molar-refractivity contribution in [1.29, 1.82) is 0 Å². The molecule has 0 aromatic heterocycles. The fourth-order valence-corrected chi connectivity index (χ4v) is 3.59. The highest BCUT2D eigenvalue weighted by Crippen LogP contribution is 2.02. The Morgan fingerprint density at radius 3 is 1.33 bits per heavy atom. The second-order valence-corrected chi connectivity index (χ2v) is 7.39. The second kappa shape index (κ2) is 8.84. The van der Waals surface area contributed by atoms with Gasteiger partial charge in [0.25, 0.3) is 20.2 Å². The van der Waals surface area contributed by atoms with E-state index in [1.54, 1.807) is 0 Å². The van der Waals surface area contributed by atoms with Crippen LogP contribution in [0.4, 0.5) is 0 Å². The largest absolute Gasteiger partial charge is 0.270 e. The monoisotopic (exact) mass is 302 g/mol. The van der Waals surface area contributed by atoms with E-state index in [0.717, 1.165) is 12.8 Å². The van der Waals surface area contributed by atoms with Gasteiger partial charge in [0.1, 0.15) is 0 Å². The summed E-state index contributed by atoms with van der Waals surface area (Å²) in [7, 11) is -7.55. The number of rotatable bonds is 11. The smallest absolute Gasteiger partial charge is 0.268 e. The highest BCUT2D eigenvalue weighted by Gasteiger charge is 2.18. The summed E-state index contributed by atoms with van der Waals surface area (Å²) in [6.07, 6.45) is 2.87. The Labute approximate surface area is 110 Å². The van der Waals surface area contributed by atoms with Gasteiger partial charge in [0.05, 0.1) is 24.7 Å². The molecule has 0 saturated carbocycles. The Bertz CT molecular complexity index is 358. The molecular weight excluding hydrogens is 280 g/mol. The summed E-state index contributed by atoms with van der Waals surface area (Å²) in [5.74, 6) is -1.13. The first-order valence-electron chi connectivity index (χ1n) is 6.07. The molecule has 0 saturated heterocycles. The van der Waals surface area contributed by atoms with E-state index >= 15 is 0 Å². The predicted octanol–water partition coefficient (Wildman–Crippen LogP) is 1.28. The molecule has 0 N–H and O–H groups in total. The van der Waals surface area contributed by atoms with Crippen LogP contribution in [-0.2, 0) is 28.6 Å². The Hall–Kier alpha value is -0.180. The summed E-state index contributed by atoms with van der Waals surface area (Å²) < 4.78 is 54.6. The van der Waals surface area contributed by atoms with Gasteiger partial charge in [-0.25, -0.2) is 0 Å². The molecule has 0 spiro atoms. The van der Waals surface area contributed by atoms with E-state index in [2.05, 4.69) is 8.37 Å². The lowest BCUT2D eigenvalue weighted by atomic mass is 10.4. The van der Waals surface area contributed by atoms with E-state index in [9.17, 15) is 16.8 Å². The number of hydrogen-bond acceptors (Lipinski definition) is 6. The first-order chi connectivity index (χ1) is 8.33. The second-order valence-electron chi connectivity index (χ2n) is 3.87. The average Bonchev–Trinajstić information content (AvgIpc) is 2.27.